The highest BCUT2D eigenvalue weighted by Gasteiger charge is 2.27. The van der Waals surface area contributed by atoms with Crippen molar-refractivity contribution in [3.63, 3.8) is 0 Å². The van der Waals surface area contributed by atoms with Crippen LogP contribution in [0.1, 0.15) is 45.4 Å². The van der Waals surface area contributed by atoms with E-state index < -0.39 is 0 Å². The Kier molecular flexibility index (Phi) is 5.26. The highest BCUT2D eigenvalue weighted by Crippen LogP contribution is 2.26. The Labute approximate surface area is 106 Å². The van der Waals surface area contributed by atoms with Gasteiger partial charge in [-0.1, -0.05) is 6.92 Å². The Bertz CT molecular complexity index is 204. The van der Waals surface area contributed by atoms with Gasteiger partial charge in [-0.15, -0.1) is 0 Å². The predicted octanol–water partition coefficient (Wildman–Crippen LogP) is 1.58. The molecule has 1 saturated carbocycles. The lowest BCUT2D eigenvalue weighted by atomic mass is 9.88. The summed E-state index contributed by atoms with van der Waals surface area (Å²) in [6.07, 6.45) is 7.91. The van der Waals surface area contributed by atoms with Crippen LogP contribution in [-0.4, -0.2) is 43.2 Å². The maximum absolute atomic E-state index is 5.98. The summed E-state index contributed by atoms with van der Waals surface area (Å²) in [6.45, 7) is 7.16. The highest BCUT2D eigenvalue weighted by molar-refractivity contribution is 4.84. The molecule has 100 valence electrons. The molecule has 0 aromatic rings. The Balaban J connectivity index is 1.68. The average Bonchev–Trinajstić information content (AvgIpc) is 2.38. The van der Waals surface area contributed by atoms with Crippen molar-refractivity contribution >= 4 is 0 Å². The van der Waals surface area contributed by atoms with Crippen LogP contribution in [0.25, 0.3) is 0 Å². The zero-order chi connectivity index (χ0) is 12.1. The molecule has 3 N–H and O–H groups in total. The molecule has 0 amide bonds. The van der Waals surface area contributed by atoms with Crippen molar-refractivity contribution < 1.29 is 0 Å². The Hall–Kier alpha value is -0.120. The number of likely N-dealkylation sites (tertiary alicyclic amines) is 1. The summed E-state index contributed by atoms with van der Waals surface area (Å²) >= 11 is 0. The summed E-state index contributed by atoms with van der Waals surface area (Å²) in [5.74, 6) is 0.914. The minimum absolute atomic E-state index is 0.484. The molecule has 0 aromatic heterocycles. The molecule has 17 heavy (non-hydrogen) atoms. The van der Waals surface area contributed by atoms with Gasteiger partial charge >= 0.3 is 0 Å². The van der Waals surface area contributed by atoms with Crippen LogP contribution in [0.5, 0.6) is 0 Å². The zero-order valence-electron chi connectivity index (χ0n) is 11.3. The molecule has 2 rings (SSSR count). The van der Waals surface area contributed by atoms with Crippen molar-refractivity contribution in [2.24, 2.45) is 11.7 Å². The number of nitrogens with one attached hydrogen (secondary N) is 1. The molecule has 2 aliphatic rings. The van der Waals surface area contributed by atoms with Crippen molar-refractivity contribution in [2.75, 3.05) is 26.2 Å². The van der Waals surface area contributed by atoms with Crippen molar-refractivity contribution in [2.45, 2.75) is 57.5 Å². The number of nitrogens with zero attached hydrogens (tertiary/aromatic N) is 1. The van der Waals surface area contributed by atoms with Crippen LogP contribution in [0.15, 0.2) is 0 Å². The monoisotopic (exact) mass is 239 g/mol. The molecule has 0 unspecified atom stereocenters. The molecule has 1 aliphatic heterocycles. The molecule has 1 saturated heterocycles. The fraction of sp³-hybridized carbons (Fsp3) is 1.00. The third kappa shape index (κ3) is 3.94. The second-order valence-corrected chi connectivity index (χ2v) is 5.86. The third-order valence-corrected chi connectivity index (χ3v) is 4.59. The molecule has 0 bridgehead atoms. The fourth-order valence-corrected chi connectivity index (χ4v) is 3.34. The van der Waals surface area contributed by atoms with Crippen LogP contribution < -0.4 is 11.1 Å². The van der Waals surface area contributed by atoms with E-state index in [9.17, 15) is 0 Å². The molecule has 0 spiro atoms. The van der Waals surface area contributed by atoms with Gasteiger partial charge in [-0.25, -0.2) is 0 Å². The van der Waals surface area contributed by atoms with E-state index in [1.807, 2.05) is 0 Å². The molecular formula is C14H29N3. The van der Waals surface area contributed by atoms with Crippen LogP contribution in [0.3, 0.4) is 0 Å². The lowest BCUT2D eigenvalue weighted by Crippen LogP contribution is -2.45. The van der Waals surface area contributed by atoms with Crippen molar-refractivity contribution in [3.05, 3.63) is 0 Å². The first-order valence-electron chi connectivity index (χ1n) is 7.50. The van der Waals surface area contributed by atoms with Crippen LogP contribution >= 0.6 is 0 Å². The van der Waals surface area contributed by atoms with Gasteiger partial charge in [-0.3, -0.25) is 0 Å². The minimum Gasteiger partial charge on any atom is -0.328 e. The summed E-state index contributed by atoms with van der Waals surface area (Å²) in [7, 11) is 0. The average molecular weight is 239 g/mol. The second-order valence-electron chi connectivity index (χ2n) is 5.86. The van der Waals surface area contributed by atoms with Crippen molar-refractivity contribution in [1.82, 2.24) is 10.2 Å². The summed E-state index contributed by atoms with van der Waals surface area (Å²) in [5.41, 5.74) is 5.98. The quantitative estimate of drug-likeness (QED) is 0.782. The van der Waals surface area contributed by atoms with Crippen LogP contribution in [0.4, 0.5) is 0 Å². The second kappa shape index (κ2) is 6.72. The maximum Gasteiger partial charge on any atom is 0.00964 e. The first kappa shape index (κ1) is 13.3. The molecule has 2 fully saturated rings. The van der Waals surface area contributed by atoms with Crippen molar-refractivity contribution in [3.8, 4) is 0 Å². The van der Waals surface area contributed by atoms with Gasteiger partial charge in [0.2, 0.25) is 0 Å². The summed E-state index contributed by atoms with van der Waals surface area (Å²) in [5, 5.41) is 3.48. The smallest absolute Gasteiger partial charge is 0.00964 e. The normalized spacial score (nSPS) is 32.8. The van der Waals surface area contributed by atoms with Gasteiger partial charge in [0.1, 0.15) is 0 Å². The highest BCUT2D eigenvalue weighted by atomic mass is 15.2. The minimum atomic E-state index is 0.484. The van der Waals surface area contributed by atoms with E-state index in [1.54, 1.807) is 0 Å². The number of hydrogen-bond acceptors (Lipinski definition) is 3. The number of piperidine rings is 1. The van der Waals surface area contributed by atoms with E-state index >= 15 is 0 Å². The molecule has 0 radical (unpaired) electrons. The van der Waals surface area contributed by atoms with E-state index in [2.05, 4.69) is 17.1 Å². The fourth-order valence-electron chi connectivity index (χ4n) is 3.34. The maximum atomic E-state index is 5.98. The van der Waals surface area contributed by atoms with E-state index in [1.165, 1.54) is 58.2 Å². The van der Waals surface area contributed by atoms with Gasteiger partial charge in [-0.05, 0) is 70.6 Å². The number of rotatable bonds is 4. The summed E-state index contributed by atoms with van der Waals surface area (Å²) in [6, 6.07) is 1.33. The lowest BCUT2D eigenvalue weighted by molar-refractivity contribution is 0.103. The molecule has 0 atom stereocenters. The standard InChI is InChI=1S/C14H29N3/c1-2-16-11-12-7-9-17(10-8-12)14-5-3-13(15)4-6-14/h12-14,16H,2-11,15H2,1H3. The van der Waals surface area contributed by atoms with Crippen LogP contribution in [0, 0.1) is 5.92 Å². The SMILES string of the molecule is CCNCC1CCN(C2CCC(N)CC2)CC1. The summed E-state index contributed by atoms with van der Waals surface area (Å²) < 4.78 is 0. The molecule has 1 heterocycles. The third-order valence-electron chi connectivity index (χ3n) is 4.59. The van der Waals surface area contributed by atoms with Gasteiger partial charge in [0.25, 0.3) is 0 Å². The Morgan fingerprint density at radius 1 is 1.06 bits per heavy atom. The largest absolute Gasteiger partial charge is 0.328 e. The molecular weight excluding hydrogens is 210 g/mol. The van der Waals surface area contributed by atoms with Gasteiger partial charge < -0.3 is 16.0 Å². The molecule has 0 aromatic carbocycles. The van der Waals surface area contributed by atoms with Gasteiger partial charge in [-0.2, -0.15) is 0 Å². The number of hydrogen-bond donors (Lipinski definition) is 2. The number of nitrogens with two attached hydrogens (primary N) is 1. The van der Waals surface area contributed by atoms with Gasteiger partial charge in [0, 0.05) is 12.1 Å². The van der Waals surface area contributed by atoms with E-state index in [4.69, 9.17) is 5.73 Å². The Morgan fingerprint density at radius 2 is 1.71 bits per heavy atom. The lowest BCUT2D eigenvalue weighted by Gasteiger charge is -2.40. The molecule has 1 aliphatic carbocycles. The first-order valence-corrected chi connectivity index (χ1v) is 7.50. The van der Waals surface area contributed by atoms with E-state index in [-0.39, 0.29) is 0 Å². The first-order chi connectivity index (χ1) is 8.29. The molecule has 3 heteroatoms. The topological polar surface area (TPSA) is 41.3 Å². The van der Waals surface area contributed by atoms with Gasteiger partial charge in [0.05, 0.1) is 0 Å². The van der Waals surface area contributed by atoms with Crippen LogP contribution in [0.2, 0.25) is 0 Å². The van der Waals surface area contributed by atoms with Crippen LogP contribution in [-0.2, 0) is 0 Å². The van der Waals surface area contributed by atoms with Gasteiger partial charge in [0.15, 0.2) is 0 Å². The Morgan fingerprint density at radius 3 is 2.29 bits per heavy atom. The zero-order valence-corrected chi connectivity index (χ0v) is 11.3. The predicted molar refractivity (Wildman–Crippen MR) is 73.1 cm³/mol. The van der Waals surface area contributed by atoms with E-state index in [0.29, 0.717) is 6.04 Å². The van der Waals surface area contributed by atoms with E-state index in [0.717, 1.165) is 18.5 Å². The van der Waals surface area contributed by atoms with Crippen molar-refractivity contribution in [1.29, 1.82) is 0 Å². The molecule has 3 nitrogen and oxygen atoms in total. The summed E-state index contributed by atoms with van der Waals surface area (Å²) in [4.78, 5) is 2.73.